The summed E-state index contributed by atoms with van der Waals surface area (Å²) in [5.74, 6) is -1.24. The number of thioether (sulfide) groups is 1. The summed E-state index contributed by atoms with van der Waals surface area (Å²) in [4.78, 5) is 45.1. The molecule has 0 spiro atoms. The maximum Gasteiger partial charge on any atom is 0.334 e. The Bertz CT molecular complexity index is 1220. The Hall–Kier alpha value is -2.59. The first kappa shape index (κ1) is 30.0. The highest BCUT2D eigenvalue weighted by atomic mass is 35.5. The van der Waals surface area contributed by atoms with E-state index in [1.165, 1.54) is 30.9 Å². The van der Waals surface area contributed by atoms with E-state index in [0.29, 0.717) is 39.6 Å². The van der Waals surface area contributed by atoms with Gasteiger partial charge < -0.3 is 19.1 Å². The number of benzene rings is 1. The third-order valence-electron chi connectivity index (χ3n) is 6.08. The van der Waals surface area contributed by atoms with E-state index in [4.69, 9.17) is 37.4 Å². The summed E-state index contributed by atoms with van der Waals surface area (Å²) in [5, 5.41) is 0.602. The molecule has 0 saturated carbocycles. The van der Waals surface area contributed by atoms with Gasteiger partial charge in [0.15, 0.2) is 0 Å². The minimum atomic E-state index is -0.515. The van der Waals surface area contributed by atoms with Gasteiger partial charge in [-0.25, -0.2) is 4.79 Å². The van der Waals surface area contributed by atoms with Crippen LogP contribution in [0.3, 0.4) is 0 Å². The predicted molar refractivity (Wildman–Crippen MR) is 148 cm³/mol. The van der Waals surface area contributed by atoms with Crippen LogP contribution in [-0.4, -0.2) is 56.0 Å². The number of nitrogens with zero attached hydrogens (tertiary/aromatic N) is 2. The van der Waals surface area contributed by atoms with Crippen LogP contribution >= 0.6 is 35.0 Å². The van der Waals surface area contributed by atoms with Gasteiger partial charge in [0, 0.05) is 35.5 Å². The number of pyridine rings is 1. The van der Waals surface area contributed by atoms with Gasteiger partial charge in [0.1, 0.15) is 6.61 Å². The number of ether oxygens (including phenoxy) is 3. The van der Waals surface area contributed by atoms with Gasteiger partial charge in [0.05, 0.1) is 41.7 Å². The van der Waals surface area contributed by atoms with Crippen molar-refractivity contribution >= 4 is 58.5 Å². The number of hydrogen-bond acceptors (Lipinski definition) is 8. The molecule has 1 heterocycles. The zero-order valence-corrected chi connectivity index (χ0v) is 23.9. The average molecular weight is 582 g/mol. The van der Waals surface area contributed by atoms with Gasteiger partial charge in [0.25, 0.3) is 5.91 Å². The number of esters is 2. The smallest absolute Gasteiger partial charge is 0.334 e. The number of carbonyl (C=O) groups excluding carboxylic acids is 3. The SMILES string of the molecule is COCCOC(=O)C1=C(C(=O)N(Cc2cnccc2C)c2cc(SCC(=O)OC)c(Cl)cc2Cl)CCCC1. The van der Waals surface area contributed by atoms with Crippen molar-refractivity contribution < 1.29 is 28.6 Å². The van der Waals surface area contributed by atoms with Crippen molar-refractivity contribution in [1.29, 1.82) is 0 Å². The van der Waals surface area contributed by atoms with E-state index in [0.717, 1.165) is 24.0 Å². The second kappa shape index (κ2) is 14.5. The summed E-state index contributed by atoms with van der Waals surface area (Å²) < 4.78 is 15.1. The van der Waals surface area contributed by atoms with Gasteiger partial charge in [-0.1, -0.05) is 23.2 Å². The highest BCUT2D eigenvalue weighted by Crippen LogP contribution is 2.39. The number of aryl methyl sites for hydroxylation is 1. The average Bonchev–Trinajstić information content (AvgIpc) is 2.92. The molecule has 38 heavy (non-hydrogen) atoms. The number of methoxy groups -OCH3 is 2. The van der Waals surface area contributed by atoms with Gasteiger partial charge >= 0.3 is 11.9 Å². The fourth-order valence-corrected chi connectivity index (χ4v) is 5.40. The maximum atomic E-state index is 14.2. The second-order valence-electron chi connectivity index (χ2n) is 8.59. The number of amides is 1. The molecule has 0 saturated heterocycles. The normalized spacial score (nSPS) is 13.3. The van der Waals surface area contributed by atoms with E-state index in [2.05, 4.69) is 4.98 Å². The van der Waals surface area contributed by atoms with Gasteiger partial charge in [-0.15, -0.1) is 11.8 Å². The van der Waals surface area contributed by atoms with Gasteiger partial charge in [-0.3, -0.25) is 14.6 Å². The molecule has 2 aromatic rings. The van der Waals surface area contributed by atoms with Crippen LogP contribution in [0.25, 0.3) is 0 Å². The van der Waals surface area contributed by atoms with Crippen LogP contribution in [0, 0.1) is 6.92 Å². The largest absolute Gasteiger partial charge is 0.468 e. The van der Waals surface area contributed by atoms with Crippen molar-refractivity contribution in [3.05, 3.63) is 62.9 Å². The minimum absolute atomic E-state index is 0.0373. The Labute approximate surface area is 236 Å². The Morgan fingerprint density at radius 1 is 1.05 bits per heavy atom. The lowest BCUT2D eigenvalue weighted by Gasteiger charge is -2.29. The number of anilines is 1. The first-order valence-electron chi connectivity index (χ1n) is 12.0. The first-order chi connectivity index (χ1) is 18.3. The number of hydrogen-bond donors (Lipinski definition) is 0. The Morgan fingerprint density at radius 3 is 2.47 bits per heavy atom. The van der Waals surface area contributed by atoms with Crippen LogP contribution < -0.4 is 4.90 Å². The fraction of sp³-hybridized carbons (Fsp3) is 0.407. The topological polar surface area (TPSA) is 95.0 Å². The van der Waals surface area contributed by atoms with E-state index >= 15 is 0 Å². The fourth-order valence-electron chi connectivity index (χ4n) is 3.96. The molecular weight excluding hydrogens is 551 g/mol. The molecule has 0 aliphatic heterocycles. The van der Waals surface area contributed by atoms with Crippen LogP contribution in [0.4, 0.5) is 5.69 Å². The maximum absolute atomic E-state index is 14.2. The van der Waals surface area contributed by atoms with Crippen molar-refractivity contribution in [1.82, 2.24) is 4.98 Å². The Balaban J connectivity index is 2.07. The van der Waals surface area contributed by atoms with Crippen LogP contribution in [0.5, 0.6) is 0 Å². The molecule has 3 rings (SSSR count). The van der Waals surface area contributed by atoms with Crippen molar-refractivity contribution in [2.45, 2.75) is 44.0 Å². The highest BCUT2D eigenvalue weighted by molar-refractivity contribution is 8.00. The van der Waals surface area contributed by atoms with Gasteiger partial charge in [-0.05, 0) is 61.9 Å². The first-order valence-corrected chi connectivity index (χ1v) is 13.8. The van der Waals surface area contributed by atoms with E-state index in [1.54, 1.807) is 24.5 Å². The molecule has 0 unspecified atom stereocenters. The summed E-state index contributed by atoms with van der Waals surface area (Å²) in [6, 6.07) is 5.09. The van der Waals surface area contributed by atoms with Crippen molar-refractivity contribution in [2.75, 3.05) is 38.1 Å². The third-order valence-corrected chi connectivity index (χ3v) is 7.84. The van der Waals surface area contributed by atoms with Gasteiger partial charge in [0.2, 0.25) is 0 Å². The summed E-state index contributed by atoms with van der Waals surface area (Å²) in [5.41, 5.74) is 2.93. The lowest BCUT2D eigenvalue weighted by Crippen LogP contribution is -2.34. The van der Waals surface area contributed by atoms with Crippen LogP contribution in [0.1, 0.15) is 36.8 Å². The van der Waals surface area contributed by atoms with E-state index in [1.807, 2.05) is 13.0 Å². The molecule has 1 aliphatic carbocycles. The predicted octanol–water partition coefficient (Wildman–Crippen LogP) is 5.56. The molecule has 8 nitrogen and oxygen atoms in total. The summed E-state index contributed by atoms with van der Waals surface area (Å²) in [7, 11) is 2.83. The quantitative estimate of drug-likeness (QED) is 0.194. The zero-order valence-electron chi connectivity index (χ0n) is 21.6. The van der Waals surface area contributed by atoms with Crippen LogP contribution in [0.15, 0.2) is 46.6 Å². The molecule has 1 aromatic carbocycles. The molecule has 1 aromatic heterocycles. The molecule has 1 aliphatic rings. The highest BCUT2D eigenvalue weighted by Gasteiger charge is 2.30. The Morgan fingerprint density at radius 2 is 1.79 bits per heavy atom. The lowest BCUT2D eigenvalue weighted by atomic mass is 9.90. The second-order valence-corrected chi connectivity index (χ2v) is 10.4. The minimum Gasteiger partial charge on any atom is -0.468 e. The van der Waals surface area contributed by atoms with Crippen LogP contribution in [-0.2, 0) is 35.1 Å². The van der Waals surface area contributed by atoms with Crippen molar-refractivity contribution in [3.8, 4) is 0 Å². The standard InChI is InChI=1S/C27H30Cl2N2O6S/c1-17-8-9-30-14-18(17)15-31(23-13-24(22(29)12-21(23)28)38-16-25(32)36-3)26(33)19-6-4-5-7-20(19)27(34)37-11-10-35-2/h8-9,12-14H,4-7,10-11,15-16H2,1-3H3. The molecule has 204 valence electrons. The monoisotopic (exact) mass is 580 g/mol. The number of aromatic nitrogens is 1. The lowest BCUT2D eigenvalue weighted by molar-refractivity contribution is -0.141. The summed E-state index contributed by atoms with van der Waals surface area (Å²) >= 11 is 14.2. The van der Waals surface area contributed by atoms with Crippen molar-refractivity contribution in [3.63, 3.8) is 0 Å². The van der Waals surface area contributed by atoms with E-state index in [9.17, 15) is 14.4 Å². The number of rotatable bonds is 11. The molecule has 1 amide bonds. The molecule has 0 bridgehead atoms. The zero-order chi connectivity index (χ0) is 27.7. The molecule has 0 fully saturated rings. The van der Waals surface area contributed by atoms with Crippen molar-refractivity contribution in [2.24, 2.45) is 0 Å². The van der Waals surface area contributed by atoms with Gasteiger partial charge in [-0.2, -0.15) is 0 Å². The van der Waals surface area contributed by atoms with Crippen LogP contribution in [0.2, 0.25) is 10.0 Å². The molecule has 11 heteroatoms. The molecule has 0 atom stereocenters. The number of carbonyl (C=O) groups is 3. The Kier molecular flexibility index (Phi) is 11.5. The summed E-state index contributed by atoms with van der Waals surface area (Å²) in [6.45, 7) is 2.46. The summed E-state index contributed by atoms with van der Waals surface area (Å²) in [6.07, 6.45) is 5.81. The molecule has 0 radical (unpaired) electrons. The molecule has 0 N–H and O–H groups in total. The van der Waals surface area contributed by atoms with E-state index in [-0.39, 0.29) is 36.4 Å². The van der Waals surface area contributed by atoms with E-state index < -0.39 is 11.9 Å². The third kappa shape index (κ3) is 7.72. The molecular formula is C27H30Cl2N2O6S. The number of halogens is 2.